The van der Waals surface area contributed by atoms with Gasteiger partial charge in [0.2, 0.25) is 0 Å². The molecule has 0 aromatic rings. The average Bonchev–Trinajstić information content (AvgIpc) is 2.53. The Hall–Kier alpha value is -0.810. The van der Waals surface area contributed by atoms with Crippen LogP contribution in [0.2, 0.25) is 0 Å². The molecule has 1 aliphatic heterocycles. The highest BCUT2D eigenvalue weighted by Gasteiger charge is 2.17. The summed E-state index contributed by atoms with van der Waals surface area (Å²) in [6, 6.07) is 0. The Bertz CT molecular complexity index is 265. The van der Waals surface area contributed by atoms with Gasteiger partial charge in [-0.15, -0.1) is 0 Å². The minimum absolute atomic E-state index is 0.348. The van der Waals surface area contributed by atoms with Gasteiger partial charge < -0.3 is 15.3 Å². The SMILES string of the molecule is CNC(=N)N1CCN(CCCCCCCCCCO)CC1. The van der Waals surface area contributed by atoms with Crippen molar-refractivity contribution in [1.29, 1.82) is 5.41 Å². The summed E-state index contributed by atoms with van der Waals surface area (Å²) < 4.78 is 0. The number of aliphatic hydroxyl groups is 1. The molecule has 0 atom stereocenters. The van der Waals surface area contributed by atoms with Crippen molar-refractivity contribution in [3.63, 3.8) is 0 Å². The number of nitrogens with zero attached hydrogens (tertiary/aromatic N) is 2. The van der Waals surface area contributed by atoms with Gasteiger partial charge in [-0.2, -0.15) is 0 Å². The van der Waals surface area contributed by atoms with Crippen molar-refractivity contribution in [2.45, 2.75) is 51.4 Å². The van der Waals surface area contributed by atoms with Gasteiger partial charge in [0.1, 0.15) is 0 Å². The van der Waals surface area contributed by atoms with Gasteiger partial charge in [0.05, 0.1) is 0 Å². The van der Waals surface area contributed by atoms with Crippen molar-refractivity contribution in [2.24, 2.45) is 0 Å². The number of hydrogen-bond acceptors (Lipinski definition) is 3. The third-order valence-electron chi connectivity index (χ3n) is 4.31. The quantitative estimate of drug-likeness (QED) is 0.327. The Morgan fingerprint density at radius 2 is 1.43 bits per heavy atom. The van der Waals surface area contributed by atoms with Gasteiger partial charge in [-0.25, -0.2) is 0 Å². The topological polar surface area (TPSA) is 62.6 Å². The Morgan fingerprint density at radius 3 is 1.95 bits per heavy atom. The zero-order chi connectivity index (χ0) is 15.3. The standard InChI is InChI=1S/C16H34N4O/c1-18-16(17)20-13-11-19(12-14-20)10-8-6-4-2-3-5-7-9-15-21/h21H,2-15H2,1H3,(H2,17,18). The van der Waals surface area contributed by atoms with Crippen LogP contribution in [0.25, 0.3) is 0 Å². The molecule has 1 saturated heterocycles. The van der Waals surface area contributed by atoms with E-state index in [1.165, 1.54) is 51.5 Å². The molecule has 1 fully saturated rings. The first-order valence-electron chi connectivity index (χ1n) is 8.62. The van der Waals surface area contributed by atoms with Crippen LogP contribution >= 0.6 is 0 Å². The maximum absolute atomic E-state index is 8.70. The van der Waals surface area contributed by atoms with E-state index in [1.807, 2.05) is 7.05 Å². The van der Waals surface area contributed by atoms with Crippen molar-refractivity contribution in [2.75, 3.05) is 46.4 Å². The molecular formula is C16H34N4O. The minimum atomic E-state index is 0.348. The molecule has 5 nitrogen and oxygen atoms in total. The van der Waals surface area contributed by atoms with Gasteiger partial charge in [0, 0.05) is 39.8 Å². The van der Waals surface area contributed by atoms with Gasteiger partial charge in [0.25, 0.3) is 0 Å². The van der Waals surface area contributed by atoms with Crippen LogP contribution in [0.4, 0.5) is 0 Å². The summed E-state index contributed by atoms with van der Waals surface area (Å²) >= 11 is 0. The van der Waals surface area contributed by atoms with Crippen molar-refractivity contribution in [1.82, 2.24) is 15.1 Å². The second-order valence-electron chi connectivity index (χ2n) is 5.98. The number of guanidine groups is 1. The van der Waals surface area contributed by atoms with Crippen molar-refractivity contribution >= 4 is 5.96 Å². The van der Waals surface area contributed by atoms with E-state index in [9.17, 15) is 0 Å². The summed E-state index contributed by atoms with van der Waals surface area (Å²) in [6.45, 7) is 5.69. The van der Waals surface area contributed by atoms with Gasteiger partial charge in [0.15, 0.2) is 5.96 Å². The summed E-state index contributed by atoms with van der Waals surface area (Å²) in [7, 11) is 1.82. The highest BCUT2D eigenvalue weighted by molar-refractivity contribution is 5.76. The van der Waals surface area contributed by atoms with E-state index in [-0.39, 0.29) is 0 Å². The minimum Gasteiger partial charge on any atom is -0.396 e. The van der Waals surface area contributed by atoms with E-state index in [4.69, 9.17) is 10.5 Å². The molecule has 5 heteroatoms. The Labute approximate surface area is 130 Å². The molecule has 0 amide bonds. The number of unbranched alkanes of at least 4 members (excludes halogenated alkanes) is 7. The molecule has 124 valence electrons. The lowest BCUT2D eigenvalue weighted by Crippen LogP contribution is -2.51. The van der Waals surface area contributed by atoms with Crippen LogP contribution in [0.15, 0.2) is 0 Å². The Morgan fingerprint density at radius 1 is 0.905 bits per heavy atom. The van der Waals surface area contributed by atoms with E-state index < -0.39 is 0 Å². The molecule has 1 heterocycles. The van der Waals surface area contributed by atoms with Gasteiger partial charge in [-0.05, 0) is 19.4 Å². The van der Waals surface area contributed by atoms with Crippen molar-refractivity contribution < 1.29 is 5.11 Å². The van der Waals surface area contributed by atoms with E-state index in [2.05, 4.69) is 15.1 Å². The molecule has 0 saturated carbocycles. The molecule has 1 aliphatic rings. The Balaban J connectivity index is 1.89. The number of nitrogens with one attached hydrogen (secondary N) is 2. The fourth-order valence-corrected chi connectivity index (χ4v) is 2.86. The van der Waals surface area contributed by atoms with Crippen LogP contribution in [-0.4, -0.2) is 67.2 Å². The third kappa shape index (κ3) is 8.27. The predicted octanol–water partition coefficient (Wildman–Crippen LogP) is 1.87. The summed E-state index contributed by atoms with van der Waals surface area (Å²) in [5.74, 6) is 0.552. The number of hydrogen-bond donors (Lipinski definition) is 3. The maximum atomic E-state index is 8.70. The van der Waals surface area contributed by atoms with Crippen LogP contribution in [0.5, 0.6) is 0 Å². The van der Waals surface area contributed by atoms with Crippen LogP contribution in [0.3, 0.4) is 0 Å². The average molecular weight is 298 g/mol. The van der Waals surface area contributed by atoms with Gasteiger partial charge in [-0.1, -0.05) is 38.5 Å². The van der Waals surface area contributed by atoms with E-state index in [0.29, 0.717) is 12.6 Å². The van der Waals surface area contributed by atoms with E-state index in [1.54, 1.807) is 0 Å². The fourth-order valence-electron chi connectivity index (χ4n) is 2.86. The van der Waals surface area contributed by atoms with Crippen LogP contribution in [0.1, 0.15) is 51.4 Å². The first-order chi connectivity index (χ1) is 10.3. The molecule has 0 radical (unpaired) electrons. The lowest BCUT2D eigenvalue weighted by atomic mass is 10.1. The molecule has 0 aromatic carbocycles. The van der Waals surface area contributed by atoms with Gasteiger partial charge >= 0.3 is 0 Å². The summed E-state index contributed by atoms with van der Waals surface area (Å²) in [6.07, 6.45) is 10.1. The second kappa shape index (κ2) is 11.8. The lowest BCUT2D eigenvalue weighted by molar-refractivity contribution is 0.176. The predicted molar refractivity (Wildman–Crippen MR) is 88.8 cm³/mol. The zero-order valence-corrected chi connectivity index (χ0v) is 13.7. The smallest absolute Gasteiger partial charge is 0.190 e. The monoisotopic (exact) mass is 298 g/mol. The van der Waals surface area contributed by atoms with Crippen molar-refractivity contribution in [3.05, 3.63) is 0 Å². The van der Waals surface area contributed by atoms with Gasteiger partial charge in [-0.3, -0.25) is 10.3 Å². The molecule has 21 heavy (non-hydrogen) atoms. The van der Waals surface area contributed by atoms with Crippen LogP contribution < -0.4 is 5.32 Å². The first kappa shape index (κ1) is 18.2. The normalized spacial score (nSPS) is 16.2. The second-order valence-corrected chi connectivity index (χ2v) is 5.98. The zero-order valence-electron chi connectivity index (χ0n) is 13.7. The molecular weight excluding hydrogens is 264 g/mol. The number of piperazine rings is 1. The van der Waals surface area contributed by atoms with Crippen LogP contribution in [0, 0.1) is 5.41 Å². The molecule has 0 bridgehead atoms. The largest absolute Gasteiger partial charge is 0.396 e. The molecule has 1 rings (SSSR count). The molecule has 0 aliphatic carbocycles. The molecule has 3 N–H and O–H groups in total. The first-order valence-corrected chi connectivity index (χ1v) is 8.62. The van der Waals surface area contributed by atoms with Crippen LogP contribution in [-0.2, 0) is 0 Å². The highest BCUT2D eigenvalue weighted by Crippen LogP contribution is 2.10. The Kier molecular flexibility index (Phi) is 10.3. The molecule has 0 unspecified atom stereocenters. The maximum Gasteiger partial charge on any atom is 0.190 e. The number of aliphatic hydroxyl groups excluding tert-OH is 1. The fraction of sp³-hybridized carbons (Fsp3) is 0.938. The summed E-state index contributed by atoms with van der Waals surface area (Å²) in [5.41, 5.74) is 0. The molecule has 0 aromatic heterocycles. The summed E-state index contributed by atoms with van der Waals surface area (Å²) in [4.78, 5) is 4.64. The van der Waals surface area contributed by atoms with E-state index in [0.717, 1.165) is 32.6 Å². The lowest BCUT2D eigenvalue weighted by Gasteiger charge is -2.35. The highest BCUT2D eigenvalue weighted by atomic mass is 16.2. The van der Waals surface area contributed by atoms with E-state index >= 15 is 0 Å². The van der Waals surface area contributed by atoms with Crippen molar-refractivity contribution in [3.8, 4) is 0 Å². The third-order valence-corrected chi connectivity index (χ3v) is 4.31. The summed E-state index contributed by atoms with van der Waals surface area (Å²) in [5, 5.41) is 19.4. The molecule has 0 spiro atoms. The number of rotatable bonds is 10.